The summed E-state index contributed by atoms with van der Waals surface area (Å²) in [7, 11) is 0. The molecule has 0 atom stereocenters. The third-order valence-corrected chi connectivity index (χ3v) is 2.44. The normalized spacial score (nSPS) is 10.5. The number of hydrogen-bond donors (Lipinski definition) is 1. The molecule has 15 heavy (non-hydrogen) atoms. The molecule has 2 aromatic heterocycles. The lowest BCUT2D eigenvalue weighted by Crippen LogP contribution is -1.89. The highest BCUT2D eigenvalue weighted by Crippen LogP contribution is 2.19. The Hall–Kier alpha value is -1.64. The summed E-state index contributed by atoms with van der Waals surface area (Å²) in [5.41, 5.74) is 3.29. The molecule has 0 saturated heterocycles. The zero-order valence-corrected chi connectivity index (χ0v) is 8.90. The Morgan fingerprint density at radius 2 is 2.27 bits per heavy atom. The van der Waals surface area contributed by atoms with Crippen LogP contribution in [-0.4, -0.2) is 15.2 Å². The molecule has 0 amide bonds. The summed E-state index contributed by atoms with van der Waals surface area (Å²) in [5, 5.41) is 7.10. The fourth-order valence-corrected chi connectivity index (χ4v) is 1.60. The van der Waals surface area contributed by atoms with Crippen molar-refractivity contribution < 1.29 is 0 Å². The summed E-state index contributed by atoms with van der Waals surface area (Å²) in [5.74, 6) is 0. The Bertz CT molecular complexity index is 406. The SMILES string of the molecule is CCCCc1cn[nH]c1-c1ccccn1. The van der Waals surface area contributed by atoms with Gasteiger partial charge in [-0.3, -0.25) is 10.1 Å². The van der Waals surface area contributed by atoms with E-state index in [4.69, 9.17) is 0 Å². The molecule has 78 valence electrons. The molecular formula is C12H15N3. The highest BCUT2D eigenvalue weighted by molar-refractivity contribution is 5.57. The second-order valence-corrected chi connectivity index (χ2v) is 3.59. The third-order valence-electron chi connectivity index (χ3n) is 2.44. The fourth-order valence-electron chi connectivity index (χ4n) is 1.60. The van der Waals surface area contributed by atoms with Gasteiger partial charge < -0.3 is 0 Å². The predicted octanol–water partition coefficient (Wildman–Crippen LogP) is 2.81. The Kier molecular flexibility index (Phi) is 3.12. The molecule has 0 radical (unpaired) electrons. The van der Waals surface area contributed by atoms with E-state index in [1.165, 1.54) is 18.4 Å². The van der Waals surface area contributed by atoms with Gasteiger partial charge in [-0.2, -0.15) is 5.10 Å². The first-order valence-corrected chi connectivity index (χ1v) is 5.35. The van der Waals surface area contributed by atoms with Crippen molar-refractivity contribution in [3.8, 4) is 11.4 Å². The van der Waals surface area contributed by atoms with Crippen LogP contribution in [0.4, 0.5) is 0 Å². The van der Waals surface area contributed by atoms with E-state index in [1.54, 1.807) is 6.20 Å². The molecule has 2 rings (SSSR count). The van der Waals surface area contributed by atoms with Crippen LogP contribution in [0.3, 0.4) is 0 Å². The van der Waals surface area contributed by atoms with Gasteiger partial charge in [-0.15, -0.1) is 0 Å². The number of aromatic nitrogens is 3. The number of hydrogen-bond acceptors (Lipinski definition) is 2. The lowest BCUT2D eigenvalue weighted by Gasteiger charge is -2.00. The predicted molar refractivity (Wildman–Crippen MR) is 60.4 cm³/mol. The molecule has 0 aliphatic carbocycles. The van der Waals surface area contributed by atoms with Crippen molar-refractivity contribution in [1.82, 2.24) is 15.2 Å². The summed E-state index contributed by atoms with van der Waals surface area (Å²) in [6.45, 7) is 2.19. The van der Waals surface area contributed by atoms with E-state index in [9.17, 15) is 0 Å². The molecule has 0 unspecified atom stereocenters. The summed E-state index contributed by atoms with van der Waals surface area (Å²) in [4.78, 5) is 4.32. The molecular weight excluding hydrogens is 186 g/mol. The fraction of sp³-hybridized carbons (Fsp3) is 0.333. The number of rotatable bonds is 4. The Balaban J connectivity index is 2.25. The van der Waals surface area contributed by atoms with Gasteiger partial charge in [0.25, 0.3) is 0 Å². The standard InChI is InChI=1S/C12H15N3/c1-2-3-6-10-9-14-15-12(10)11-7-4-5-8-13-11/h4-5,7-9H,2-3,6H2,1H3,(H,14,15). The van der Waals surface area contributed by atoms with Crippen molar-refractivity contribution in [1.29, 1.82) is 0 Å². The van der Waals surface area contributed by atoms with Crippen LogP contribution in [0.2, 0.25) is 0 Å². The molecule has 3 nitrogen and oxygen atoms in total. The first-order valence-electron chi connectivity index (χ1n) is 5.35. The van der Waals surface area contributed by atoms with Crippen LogP contribution < -0.4 is 0 Å². The first kappa shape index (κ1) is 9.90. The quantitative estimate of drug-likeness (QED) is 0.826. The van der Waals surface area contributed by atoms with Crippen LogP contribution in [0.15, 0.2) is 30.6 Å². The second-order valence-electron chi connectivity index (χ2n) is 3.59. The van der Waals surface area contributed by atoms with Gasteiger partial charge in [-0.1, -0.05) is 19.4 Å². The Morgan fingerprint density at radius 3 is 3.00 bits per heavy atom. The zero-order chi connectivity index (χ0) is 10.5. The van der Waals surface area contributed by atoms with E-state index in [-0.39, 0.29) is 0 Å². The number of unbranched alkanes of at least 4 members (excludes halogenated alkanes) is 1. The van der Waals surface area contributed by atoms with E-state index < -0.39 is 0 Å². The van der Waals surface area contributed by atoms with Crippen LogP contribution in [0.25, 0.3) is 11.4 Å². The van der Waals surface area contributed by atoms with Gasteiger partial charge in [-0.05, 0) is 30.5 Å². The minimum absolute atomic E-state index is 0.973. The van der Waals surface area contributed by atoms with E-state index in [1.807, 2.05) is 24.4 Å². The van der Waals surface area contributed by atoms with Gasteiger partial charge in [0.15, 0.2) is 0 Å². The van der Waals surface area contributed by atoms with Crippen molar-refractivity contribution in [3.05, 3.63) is 36.2 Å². The summed E-state index contributed by atoms with van der Waals surface area (Å²) >= 11 is 0. The van der Waals surface area contributed by atoms with E-state index in [2.05, 4.69) is 22.1 Å². The van der Waals surface area contributed by atoms with Crippen molar-refractivity contribution >= 4 is 0 Å². The monoisotopic (exact) mass is 201 g/mol. The molecule has 3 heteroatoms. The smallest absolute Gasteiger partial charge is 0.0883 e. The molecule has 0 aromatic carbocycles. The maximum atomic E-state index is 4.32. The summed E-state index contributed by atoms with van der Waals surface area (Å²) < 4.78 is 0. The second kappa shape index (κ2) is 4.73. The lowest BCUT2D eigenvalue weighted by molar-refractivity contribution is 0.796. The van der Waals surface area contributed by atoms with Gasteiger partial charge in [0.2, 0.25) is 0 Å². The number of aromatic amines is 1. The molecule has 0 saturated carbocycles. The van der Waals surface area contributed by atoms with Crippen LogP contribution in [-0.2, 0) is 6.42 Å². The van der Waals surface area contributed by atoms with Gasteiger partial charge in [0.1, 0.15) is 0 Å². The molecule has 1 N–H and O–H groups in total. The van der Waals surface area contributed by atoms with Crippen molar-refractivity contribution in [2.24, 2.45) is 0 Å². The number of aryl methyl sites for hydroxylation is 1. The molecule has 0 aliphatic rings. The van der Waals surface area contributed by atoms with Crippen molar-refractivity contribution in [2.75, 3.05) is 0 Å². The van der Waals surface area contributed by atoms with Crippen LogP contribution in [0.5, 0.6) is 0 Å². The molecule has 0 spiro atoms. The van der Waals surface area contributed by atoms with Gasteiger partial charge >= 0.3 is 0 Å². The Morgan fingerprint density at radius 1 is 1.33 bits per heavy atom. The lowest BCUT2D eigenvalue weighted by atomic mass is 10.1. The molecule has 0 bridgehead atoms. The first-order chi connectivity index (χ1) is 7.42. The molecule has 0 fully saturated rings. The van der Waals surface area contributed by atoms with E-state index in [0.717, 1.165) is 17.8 Å². The third kappa shape index (κ3) is 2.24. The summed E-state index contributed by atoms with van der Waals surface area (Å²) in [6, 6.07) is 5.92. The highest BCUT2D eigenvalue weighted by Gasteiger charge is 2.07. The minimum atomic E-state index is 0.973. The number of nitrogens with one attached hydrogen (secondary N) is 1. The van der Waals surface area contributed by atoms with E-state index >= 15 is 0 Å². The van der Waals surface area contributed by atoms with Crippen LogP contribution in [0, 0.1) is 0 Å². The van der Waals surface area contributed by atoms with Crippen LogP contribution >= 0.6 is 0 Å². The minimum Gasteiger partial charge on any atom is -0.276 e. The maximum Gasteiger partial charge on any atom is 0.0883 e. The average molecular weight is 201 g/mol. The molecule has 2 aromatic rings. The average Bonchev–Trinajstić information content (AvgIpc) is 2.75. The van der Waals surface area contributed by atoms with Crippen LogP contribution in [0.1, 0.15) is 25.3 Å². The van der Waals surface area contributed by atoms with Gasteiger partial charge in [0, 0.05) is 6.20 Å². The zero-order valence-electron chi connectivity index (χ0n) is 8.90. The number of nitrogens with zero attached hydrogens (tertiary/aromatic N) is 2. The number of pyridine rings is 1. The maximum absolute atomic E-state index is 4.32. The Labute approximate surface area is 89.6 Å². The van der Waals surface area contributed by atoms with Gasteiger partial charge in [0.05, 0.1) is 17.6 Å². The summed E-state index contributed by atoms with van der Waals surface area (Å²) in [6.07, 6.45) is 7.17. The number of H-pyrrole nitrogens is 1. The topological polar surface area (TPSA) is 41.6 Å². The van der Waals surface area contributed by atoms with Gasteiger partial charge in [-0.25, -0.2) is 0 Å². The van der Waals surface area contributed by atoms with Crippen molar-refractivity contribution in [3.63, 3.8) is 0 Å². The molecule has 0 aliphatic heterocycles. The largest absolute Gasteiger partial charge is 0.276 e. The van der Waals surface area contributed by atoms with Crippen molar-refractivity contribution in [2.45, 2.75) is 26.2 Å². The van der Waals surface area contributed by atoms with E-state index in [0.29, 0.717) is 0 Å². The molecule has 2 heterocycles. The highest BCUT2D eigenvalue weighted by atomic mass is 15.1.